The number of amides is 1. The van der Waals surface area contributed by atoms with Crippen LogP contribution in [0.2, 0.25) is 5.02 Å². The Morgan fingerprint density at radius 2 is 2.17 bits per heavy atom. The number of carbonyl (C=O) groups excluding carboxylic acids is 1. The van der Waals surface area contributed by atoms with Crippen molar-refractivity contribution in [2.75, 3.05) is 12.0 Å². The number of thioether (sulfide) groups is 1. The van der Waals surface area contributed by atoms with Gasteiger partial charge in [-0.05, 0) is 37.0 Å². The third kappa shape index (κ3) is 4.52. The van der Waals surface area contributed by atoms with Gasteiger partial charge in [0.05, 0.1) is 12.1 Å². The molecule has 2 atom stereocenters. The Kier molecular flexibility index (Phi) is 6.54. The molecule has 3 N–H and O–H groups in total. The van der Waals surface area contributed by atoms with Gasteiger partial charge in [-0.25, -0.2) is 0 Å². The molecule has 0 saturated carbocycles. The first-order valence-electron chi connectivity index (χ1n) is 5.85. The van der Waals surface area contributed by atoms with Crippen molar-refractivity contribution in [1.82, 2.24) is 5.32 Å². The molecule has 1 aromatic rings. The summed E-state index contributed by atoms with van der Waals surface area (Å²) >= 11 is 7.76. The van der Waals surface area contributed by atoms with Crippen LogP contribution in [0, 0.1) is 0 Å². The van der Waals surface area contributed by atoms with Crippen molar-refractivity contribution in [2.24, 2.45) is 5.73 Å². The molecule has 0 spiro atoms. The standard InChI is InChI=1S/C13H19ClN2OS/c1-9(10-5-3-4-6-11(10)14)16-13(17)12(15)7-8-18-2/h3-6,9,12H,7-8,15H2,1-2H3,(H,16,17)/t9-,12-/m1/s1. The van der Waals surface area contributed by atoms with Gasteiger partial charge in [-0.3, -0.25) is 4.79 Å². The van der Waals surface area contributed by atoms with Crippen molar-refractivity contribution < 1.29 is 4.79 Å². The smallest absolute Gasteiger partial charge is 0.237 e. The molecule has 18 heavy (non-hydrogen) atoms. The summed E-state index contributed by atoms with van der Waals surface area (Å²) in [4.78, 5) is 11.9. The molecule has 0 fully saturated rings. The molecule has 0 unspecified atom stereocenters. The van der Waals surface area contributed by atoms with Crippen LogP contribution in [0.15, 0.2) is 24.3 Å². The summed E-state index contributed by atoms with van der Waals surface area (Å²) in [5, 5.41) is 3.54. The van der Waals surface area contributed by atoms with E-state index >= 15 is 0 Å². The maximum absolute atomic E-state index is 11.9. The summed E-state index contributed by atoms with van der Waals surface area (Å²) in [5.74, 6) is 0.756. The number of hydrogen-bond donors (Lipinski definition) is 2. The van der Waals surface area contributed by atoms with Crippen LogP contribution >= 0.6 is 23.4 Å². The van der Waals surface area contributed by atoms with E-state index in [2.05, 4.69) is 5.32 Å². The average molecular weight is 287 g/mol. The summed E-state index contributed by atoms with van der Waals surface area (Å²) in [6.07, 6.45) is 2.68. The molecule has 0 bridgehead atoms. The van der Waals surface area contributed by atoms with E-state index in [1.165, 1.54) is 0 Å². The van der Waals surface area contributed by atoms with Crippen LogP contribution in [0.25, 0.3) is 0 Å². The molecule has 1 rings (SSSR count). The molecule has 0 radical (unpaired) electrons. The molecule has 0 aliphatic heterocycles. The van der Waals surface area contributed by atoms with Gasteiger partial charge in [-0.15, -0.1) is 0 Å². The molecular weight excluding hydrogens is 268 g/mol. The molecular formula is C13H19ClN2OS. The van der Waals surface area contributed by atoms with Crippen molar-refractivity contribution >= 4 is 29.3 Å². The number of hydrogen-bond acceptors (Lipinski definition) is 3. The maximum Gasteiger partial charge on any atom is 0.237 e. The van der Waals surface area contributed by atoms with E-state index in [9.17, 15) is 4.79 Å². The van der Waals surface area contributed by atoms with Gasteiger partial charge in [0.1, 0.15) is 0 Å². The van der Waals surface area contributed by atoms with E-state index in [1.54, 1.807) is 11.8 Å². The quantitative estimate of drug-likeness (QED) is 0.845. The van der Waals surface area contributed by atoms with Gasteiger partial charge in [-0.1, -0.05) is 29.8 Å². The Labute approximate surface area is 117 Å². The molecule has 1 aromatic carbocycles. The number of nitrogens with two attached hydrogens (primary N) is 1. The number of carbonyl (C=O) groups is 1. The maximum atomic E-state index is 11.9. The van der Waals surface area contributed by atoms with Crippen LogP contribution in [-0.2, 0) is 4.79 Å². The molecule has 1 amide bonds. The van der Waals surface area contributed by atoms with Crippen molar-refractivity contribution in [1.29, 1.82) is 0 Å². The van der Waals surface area contributed by atoms with E-state index in [4.69, 9.17) is 17.3 Å². The van der Waals surface area contributed by atoms with E-state index in [0.717, 1.165) is 11.3 Å². The highest BCUT2D eigenvalue weighted by Crippen LogP contribution is 2.22. The Hall–Kier alpha value is -0.710. The molecule has 3 nitrogen and oxygen atoms in total. The summed E-state index contributed by atoms with van der Waals surface area (Å²) in [5.41, 5.74) is 6.72. The fraction of sp³-hybridized carbons (Fsp3) is 0.462. The van der Waals surface area contributed by atoms with Gasteiger partial charge in [-0.2, -0.15) is 11.8 Å². The lowest BCUT2D eigenvalue weighted by Gasteiger charge is -2.18. The average Bonchev–Trinajstić information content (AvgIpc) is 2.36. The first kappa shape index (κ1) is 15.3. The second-order valence-electron chi connectivity index (χ2n) is 4.14. The van der Waals surface area contributed by atoms with Crippen LogP contribution in [0.4, 0.5) is 0 Å². The minimum atomic E-state index is -0.456. The van der Waals surface area contributed by atoms with Crippen molar-refractivity contribution in [3.63, 3.8) is 0 Å². The molecule has 100 valence electrons. The van der Waals surface area contributed by atoms with E-state index < -0.39 is 6.04 Å². The van der Waals surface area contributed by atoms with Crippen molar-refractivity contribution in [3.8, 4) is 0 Å². The number of halogens is 1. The fourth-order valence-corrected chi connectivity index (χ4v) is 2.39. The van der Waals surface area contributed by atoms with Crippen LogP contribution in [0.1, 0.15) is 24.9 Å². The molecule has 0 heterocycles. The normalized spacial score (nSPS) is 14.0. The highest BCUT2D eigenvalue weighted by molar-refractivity contribution is 7.98. The largest absolute Gasteiger partial charge is 0.348 e. The lowest BCUT2D eigenvalue weighted by Crippen LogP contribution is -2.42. The summed E-state index contributed by atoms with van der Waals surface area (Å²) < 4.78 is 0. The molecule has 0 aliphatic rings. The van der Waals surface area contributed by atoms with Gasteiger partial charge in [0, 0.05) is 5.02 Å². The highest BCUT2D eigenvalue weighted by atomic mass is 35.5. The minimum absolute atomic E-state index is 0.128. The molecule has 5 heteroatoms. The van der Waals surface area contributed by atoms with E-state index in [0.29, 0.717) is 11.4 Å². The van der Waals surface area contributed by atoms with Gasteiger partial charge in [0.2, 0.25) is 5.91 Å². The molecule has 0 aliphatic carbocycles. The Morgan fingerprint density at radius 1 is 1.50 bits per heavy atom. The predicted molar refractivity (Wildman–Crippen MR) is 79.0 cm³/mol. The van der Waals surface area contributed by atoms with E-state index in [-0.39, 0.29) is 11.9 Å². The SMILES string of the molecule is CSCC[C@@H](N)C(=O)N[C@H](C)c1ccccc1Cl. The Bertz CT molecular complexity index is 400. The Balaban J connectivity index is 2.57. The van der Waals surface area contributed by atoms with Crippen LogP contribution in [0.3, 0.4) is 0 Å². The van der Waals surface area contributed by atoms with Gasteiger partial charge in [0.15, 0.2) is 0 Å². The fourth-order valence-electron chi connectivity index (χ4n) is 1.60. The summed E-state index contributed by atoms with van der Waals surface area (Å²) in [7, 11) is 0. The zero-order valence-electron chi connectivity index (χ0n) is 10.7. The monoisotopic (exact) mass is 286 g/mol. The second kappa shape index (κ2) is 7.67. The number of benzene rings is 1. The van der Waals surface area contributed by atoms with Gasteiger partial charge < -0.3 is 11.1 Å². The van der Waals surface area contributed by atoms with Crippen molar-refractivity contribution in [2.45, 2.75) is 25.4 Å². The first-order valence-corrected chi connectivity index (χ1v) is 7.62. The third-order valence-electron chi connectivity index (χ3n) is 2.70. The number of nitrogens with one attached hydrogen (secondary N) is 1. The summed E-state index contributed by atoms with van der Waals surface area (Å²) in [6.45, 7) is 1.90. The topological polar surface area (TPSA) is 55.1 Å². The number of rotatable bonds is 6. The third-order valence-corrected chi connectivity index (χ3v) is 3.69. The van der Waals surface area contributed by atoms with E-state index in [1.807, 2.05) is 37.4 Å². The Morgan fingerprint density at radius 3 is 2.78 bits per heavy atom. The lowest BCUT2D eigenvalue weighted by atomic mass is 10.1. The predicted octanol–water partition coefficient (Wildman–Crippen LogP) is 2.60. The lowest BCUT2D eigenvalue weighted by molar-refractivity contribution is -0.123. The van der Waals surface area contributed by atoms with Gasteiger partial charge in [0.25, 0.3) is 0 Å². The van der Waals surface area contributed by atoms with Crippen LogP contribution < -0.4 is 11.1 Å². The molecule has 0 aromatic heterocycles. The molecule has 0 saturated heterocycles. The summed E-state index contributed by atoms with van der Waals surface area (Å²) in [6, 6.07) is 6.89. The zero-order chi connectivity index (χ0) is 13.5. The first-order chi connectivity index (χ1) is 8.56. The zero-order valence-corrected chi connectivity index (χ0v) is 12.2. The highest BCUT2D eigenvalue weighted by Gasteiger charge is 2.17. The second-order valence-corrected chi connectivity index (χ2v) is 5.53. The van der Waals surface area contributed by atoms with Gasteiger partial charge >= 0.3 is 0 Å². The minimum Gasteiger partial charge on any atom is -0.348 e. The van der Waals surface area contributed by atoms with Crippen LogP contribution in [0.5, 0.6) is 0 Å². The van der Waals surface area contributed by atoms with Crippen molar-refractivity contribution in [3.05, 3.63) is 34.9 Å². The van der Waals surface area contributed by atoms with Crippen LogP contribution in [-0.4, -0.2) is 24.0 Å².